The zero-order chi connectivity index (χ0) is 19.4. The highest BCUT2D eigenvalue weighted by atomic mass is 79.9. The predicted octanol–water partition coefficient (Wildman–Crippen LogP) is 3.87. The van der Waals surface area contributed by atoms with Gasteiger partial charge in [-0.15, -0.1) is 0 Å². The summed E-state index contributed by atoms with van der Waals surface area (Å²) in [4.78, 5) is 16.3. The molecule has 146 valence electrons. The third-order valence-electron chi connectivity index (χ3n) is 4.48. The normalized spacial score (nSPS) is 15.8. The summed E-state index contributed by atoms with van der Waals surface area (Å²) < 4.78 is 8.50. The van der Waals surface area contributed by atoms with Crippen LogP contribution in [0, 0.1) is 0 Å². The van der Waals surface area contributed by atoms with Gasteiger partial charge in [-0.05, 0) is 38.5 Å². The van der Waals surface area contributed by atoms with Crippen molar-refractivity contribution in [1.82, 2.24) is 19.6 Å². The summed E-state index contributed by atoms with van der Waals surface area (Å²) in [6, 6.07) is 8.25. The Hall–Kier alpha value is -1.86. The number of benzene rings is 1. The molecular formula is C20H27BrN4O2. The van der Waals surface area contributed by atoms with Gasteiger partial charge in [0.1, 0.15) is 5.60 Å². The van der Waals surface area contributed by atoms with Crippen molar-refractivity contribution in [2.24, 2.45) is 0 Å². The third kappa shape index (κ3) is 5.81. The number of aromatic nitrogens is 2. The van der Waals surface area contributed by atoms with Crippen molar-refractivity contribution in [1.29, 1.82) is 0 Å². The van der Waals surface area contributed by atoms with Crippen LogP contribution < -0.4 is 0 Å². The molecule has 7 heteroatoms. The maximum Gasteiger partial charge on any atom is 0.410 e. The van der Waals surface area contributed by atoms with Crippen molar-refractivity contribution < 1.29 is 9.53 Å². The zero-order valence-corrected chi connectivity index (χ0v) is 17.8. The Morgan fingerprint density at radius 3 is 2.37 bits per heavy atom. The van der Waals surface area contributed by atoms with E-state index in [1.807, 2.05) is 43.8 Å². The quantitative estimate of drug-likeness (QED) is 0.732. The molecule has 1 aromatic heterocycles. The Bertz CT molecular complexity index is 759. The Balaban J connectivity index is 1.45. The fourth-order valence-electron chi connectivity index (χ4n) is 3.00. The lowest BCUT2D eigenvalue weighted by atomic mass is 10.1. The monoisotopic (exact) mass is 434 g/mol. The molecule has 0 N–H and O–H groups in total. The lowest BCUT2D eigenvalue weighted by molar-refractivity contribution is 0.0142. The molecule has 1 fully saturated rings. The van der Waals surface area contributed by atoms with Crippen molar-refractivity contribution >= 4 is 22.0 Å². The van der Waals surface area contributed by atoms with E-state index in [0.29, 0.717) is 13.1 Å². The van der Waals surface area contributed by atoms with Gasteiger partial charge in [0.2, 0.25) is 0 Å². The maximum atomic E-state index is 12.1. The fourth-order valence-corrected chi connectivity index (χ4v) is 3.27. The van der Waals surface area contributed by atoms with Crippen molar-refractivity contribution in [3.8, 4) is 11.1 Å². The van der Waals surface area contributed by atoms with E-state index < -0.39 is 5.60 Å². The minimum absolute atomic E-state index is 0.214. The molecule has 27 heavy (non-hydrogen) atoms. The van der Waals surface area contributed by atoms with Crippen LogP contribution in [0.1, 0.15) is 20.8 Å². The van der Waals surface area contributed by atoms with Crippen LogP contribution >= 0.6 is 15.9 Å². The van der Waals surface area contributed by atoms with Crippen LogP contribution in [-0.4, -0.2) is 64.0 Å². The number of ether oxygens (including phenoxy) is 1. The molecule has 1 aliphatic heterocycles. The van der Waals surface area contributed by atoms with Gasteiger partial charge in [0.05, 0.1) is 12.7 Å². The van der Waals surface area contributed by atoms with Crippen LogP contribution in [0.2, 0.25) is 0 Å². The van der Waals surface area contributed by atoms with Crippen LogP contribution in [-0.2, 0) is 11.3 Å². The second kappa shape index (κ2) is 8.44. The lowest BCUT2D eigenvalue weighted by Gasteiger charge is -2.35. The smallest absolute Gasteiger partial charge is 0.410 e. The summed E-state index contributed by atoms with van der Waals surface area (Å²) >= 11 is 3.46. The van der Waals surface area contributed by atoms with Crippen molar-refractivity contribution in [3.63, 3.8) is 0 Å². The number of hydrogen-bond acceptors (Lipinski definition) is 4. The van der Waals surface area contributed by atoms with Crippen molar-refractivity contribution in [3.05, 3.63) is 41.1 Å². The van der Waals surface area contributed by atoms with Gasteiger partial charge in [0, 0.05) is 49.0 Å². The molecular weight excluding hydrogens is 408 g/mol. The SMILES string of the molecule is CC(C)(C)OC(=O)N1CCN(CCn2cc(-c3ccc(Br)cc3)cn2)CC1. The van der Waals surface area contributed by atoms with Crippen molar-refractivity contribution in [2.75, 3.05) is 32.7 Å². The summed E-state index contributed by atoms with van der Waals surface area (Å²) in [7, 11) is 0. The number of rotatable bonds is 4. The van der Waals surface area contributed by atoms with Gasteiger partial charge >= 0.3 is 6.09 Å². The topological polar surface area (TPSA) is 50.6 Å². The standard InChI is InChI=1S/C20H27BrN4O2/c1-20(2,3)27-19(26)24-11-8-23(9-12-24)10-13-25-15-17(14-22-25)16-4-6-18(21)7-5-16/h4-7,14-15H,8-13H2,1-3H3. The highest BCUT2D eigenvalue weighted by Gasteiger charge is 2.25. The Morgan fingerprint density at radius 1 is 1.07 bits per heavy atom. The molecule has 0 saturated carbocycles. The molecule has 2 aromatic rings. The van der Waals surface area contributed by atoms with Gasteiger partial charge in [0.25, 0.3) is 0 Å². The highest BCUT2D eigenvalue weighted by Crippen LogP contribution is 2.21. The number of hydrogen-bond donors (Lipinski definition) is 0. The van der Waals surface area contributed by atoms with E-state index in [1.54, 1.807) is 4.90 Å². The molecule has 3 rings (SSSR count). The van der Waals surface area contributed by atoms with E-state index in [-0.39, 0.29) is 6.09 Å². The number of nitrogens with zero attached hydrogens (tertiary/aromatic N) is 4. The molecule has 0 spiro atoms. The number of piperazine rings is 1. The second-order valence-corrected chi connectivity index (χ2v) is 8.72. The van der Waals surface area contributed by atoms with Gasteiger partial charge in [-0.3, -0.25) is 9.58 Å². The first-order chi connectivity index (χ1) is 12.8. The summed E-state index contributed by atoms with van der Waals surface area (Å²) in [5.41, 5.74) is 1.84. The first-order valence-corrected chi connectivity index (χ1v) is 10.1. The van der Waals surface area contributed by atoms with E-state index in [0.717, 1.165) is 41.8 Å². The van der Waals surface area contributed by atoms with Gasteiger partial charge in [-0.1, -0.05) is 28.1 Å². The van der Waals surface area contributed by atoms with Crippen LogP contribution in [0.5, 0.6) is 0 Å². The van der Waals surface area contributed by atoms with Gasteiger partial charge in [0.15, 0.2) is 0 Å². The lowest BCUT2D eigenvalue weighted by Crippen LogP contribution is -2.50. The Kier molecular flexibility index (Phi) is 6.22. The molecule has 1 amide bonds. The molecule has 1 aliphatic rings. The first-order valence-electron chi connectivity index (χ1n) is 9.29. The zero-order valence-electron chi connectivity index (χ0n) is 16.2. The molecule has 6 nitrogen and oxygen atoms in total. The maximum absolute atomic E-state index is 12.1. The summed E-state index contributed by atoms with van der Waals surface area (Å²) in [6.07, 6.45) is 3.78. The molecule has 1 saturated heterocycles. The molecule has 0 radical (unpaired) electrons. The average Bonchev–Trinajstić information content (AvgIpc) is 3.08. The van der Waals surface area contributed by atoms with E-state index in [1.165, 1.54) is 0 Å². The fraction of sp³-hybridized carbons (Fsp3) is 0.500. The molecule has 2 heterocycles. The molecule has 0 unspecified atom stereocenters. The molecule has 1 aromatic carbocycles. The molecule has 0 aliphatic carbocycles. The van der Waals surface area contributed by atoms with Crippen LogP contribution in [0.4, 0.5) is 4.79 Å². The summed E-state index contributed by atoms with van der Waals surface area (Å²) in [6.45, 7) is 10.6. The second-order valence-electron chi connectivity index (χ2n) is 7.81. The van der Waals surface area contributed by atoms with Crippen LogP contribution in [0.3, 0.4) is 0 Å². The summed E-state index contributed by atoms with van der Waals surface area (Å²) in [5.74, 6) is 0. The number of halogens is 1. The Morgan fingerprint density at radius 2 is 1.74 bits per heavy atom. The number of carbonyl (C=O) groups excluding carboxylic acids is 1. The highest BCUT2D eigenvalue weighted by molar-refractivity contribution is 9.10. The minimum atomic E-state index is -0.444. The largest absolute Gasteiger partial charge is 0.444 e. The first kappa shape index (κ1) is 19.9. The Labute approximate surface area is 169 Å². The minimum Gasteiger partial charge on any atom is -0.444 e. The number of carbonyl (C=O) groups is 1. The van der Waals surface area contributed by atoms with E-state index in [4.69, 9.17) is 4.74 Å². The molecule has 0 bridgehead atoms. The van der Waals surface area contributed by atoms with E-state index >= 15 is 0 Å². The summed E-state index contributed by atoms with van der Waals surface area (Å²) in [5, 5.41) is 4.48. The van der Waals surface area contributed by atoms with E-state index in [2.05, 4.69) is 44.3 Å². The van der Waals surface area contributed by atoms with Gasteiger partial charge < -0.3 is 9.64 Å². The third-order valence-corrected chi connectivity index (χ3v) is 5.01. The van der Waals surface area contributed by atoms with Gasteiger partial charge in [-0.25, -0.2) is 4.79 Å². The molecule has 0 atom stereocenters. The van der Waals surface area contributed by atoms with Gasteiger partial charge in [-0.2, -0.15) is 5.10 Å². The van der Waals surface area contributed by atoms with E-state index in [9.17, 15) is 4.79 Å². The number of amides is 1. The van der Waals surface area contributed by atoms with Crippen molar-refractivity contribution in [2.45, 2.75) is 32.9 Å². The van der Waals surface area contributed by atoms with Crippen LogP contribution in [0.25, 0.3) is 11.1 Å². The average molecular weight is 435 g/mol. The predicted molar refractivity (Wildman–Crippen MR) is 110 cm³/mol. The van der Waals surface area contributed by atoms with Crippen LogP contribution in [0.15, 0.2) is 41.1 Å².